The van der Waals surface area contributed by atoms with E-state index in [9.17, 15) is 26.3 Å². The molecule has 1 aliphatic heterocycles. The van der Waals surface area contributed by atoms with E-state index in [1.54, 1.807) is 0 Å². The van der Waals surface area contributed by atoms with Crippen molar-refractivity contribution in [3.63, 3.8) is 0 Å². The lowest BCUT2D eigenvalue weighted by Gasteiger charge is -2.41. The number of aromatic amines is 1. The summed E-state index contributed by atoms with van der Waals surface area (Å²) in [6.45, 7) is 1.97. The number of ether oxygens (including phenoxy) is 1. The molecule has 0 aliphatic carbocycles. The summed E-state index contributed by atoms with van der Waals surface area (Å²) in [6.07, 6.45) is -9.59. The lowest BCUT2D eigenvalue weighted by molar-refractivity contribution is -0.143. The van der Waals surface area contributed by atoms with Crippen LogP contribution in [0.1, 0.15) is 59.9 Å². The average Bonchev–Trinajstić information content (AvgIpc) is 3.37. The molecule has 0 radical (unpaired) electrons. The lowest BCUT2D eigenvalue weighted by Crippen LogP contribution is -2.51. The van der Waals surface area contributed by atoms with Gasteiger partial charge in [0.25, 0.3) is 0 Å². The number of piperidine rings is 1. The molecular formula is C23H23F6N5O. The Balaban J connectivity index is 1.57. The van der Waals surface area contributed by atoms with Crippen molar-refractivity contribution in [1.82, 2.24) is 25.9 Å². The highest BCUT2D eigenvalue weighted by molar-refractivity contribution is 5.35. The SMILES string of the molecule is C[C@@H](OC[C@@]1(c2ccccc2)CCC(c2nn[nH]n2)CN1)c1cc(C(F)(F)F)cc(C(F)(F)F)c1. The number of aromatic nitrogens is 4. The minimum atomic E-state index is -4.92. The zero-order valence-electron chi connectivity index (χ0n) is 18.6. The lowest BCUT2D eigenvalue weighted by atomic mass is 9.79. The normalized spacial score (nSPS) is 22.2. The van der Waals surface area contributed by atoms with Crippen LogP contribution < -0.4 is 5.32 Å². The monoisotopic (exact) mass is 499 g/mol. The summed E-state index contributed by atoms with van der Waals surface area (Å²) in [5, 5.41) is 17.5. The molecule has 1 aliphatic rings. The van der Waals surface area contributed by atoms with Crippen molar-refractivity contribution in [2.45, 2.75) is 49.7 Å². The molecular weight excluding hydrogens is 476 g/mol. The summed E-state index contributed by atoms with van der Waals surface area (Å²) in [6, 6.07) is 10.9. The molecule has 2 aromatic carbocycles. The molecule has 35 heavy (non-hydrogen) atoms. The second-order valence-electron chi connectivity index (χ2n) is 8.63. The molecule has 1 fully saturated rings. The molecule has 1 saturated heterocycles. The summed E-state index contributed by atoms with van der Waals surface area (Å²) in [7, 11) is 0. The minimum absolute atomic E-state index is 0.000761. The van der Waals surface area contributed by atoms with Gasteiger partial charge in [-0.15, -0.1) is 10.2 Å². The van der Waals surface area contributed by atoms with Gasteiger partial charge in [0.05, 0.1) is 29.4 Å². The van der Waals surface area contributed by atoms with Crippen LogP contribution in [0.4, 0.5) is 26.3 Å². The average molecular weight is 499 g/mol. The van der Waals surface area contributed by atoms with Crippen LogP contribution in [0.2, 0.25) is 0 Å². The van der Waals surface area contributed by atoms with Crippen molar-refractivity contribution in [3.05, 3.63) is 76.6 Å². The van der Waals surface area contributed by atoms with Gasteiger partial charge in [0.15, 0.2) is 5.82 Å². The third kappa shape index (κ3) is 5.64. The molecule has 6 nitrogen and oxygen atoms in total. The second kappa shape index (κ2) is 9.57. The first-order valence-corrected chi connectivity index (χ1v) is 10.9. The summed E-state index contributed by atoms with van der Waals surface area (Å²) in [5.74, 6) is 0.568. The van der Waals surface area contributed by atoms with E-state index in [4.69, 9.17) is 4.74 Å². The molecule has 3 atom stereocenters. The van der Waals surface area contributed by atoms with Gasteiger partial charge in [-0.3, -0.25) is 0 Å². The van der Waals surface area contributed by atoms with Crippen LogP contribution in [0.3, 0.4) is 0 Å². The van der Waals surface area contributed by atoms with Gasteiger partial charge in [-0.1, -0.05) is 35.5 Å². The number of hydrogen-bond acceptors (Lipinski definition) is 5. The number of rotatable bonds is 6. The molecule has 0 spiro atoms. The number of benzene rings is 2. The number of H-pyrrole nitrogens is 1. The first-order valence-electron chi connectivity index (χ1n) is 10.9. The van der Waals surface area contributed by atoms with Crippen LogP contribution in [0.15, 0.2) is 48.5 Å². The molecule has 4 rings (SSSR count). The Hall–Kier alpha value is -2.99. The predicted octanol–water partition coefficient (Wildman–Crippen LogP) is 5.38. The Labute approximate surface area is 197 Å². The Kier molecular flexibility index (Phi) is 6.87. The Morgan fingerprint density at radius 2 is 1.69 bits per heavy atom. The zero-order chi connectivity index (χ0) is 25.3. The fourth-order valence-corrected chi connectivity index (χ4v) is 4.28. The van der Waals surface area contributed by atoms with Crippen molar-refractivity contribution in [2.75, 3.05) is 13.2 Å². The number of halogens is 6. The van der Waals surface area contributed by atoms with E-state index in [0.717, 1.165) is 5.56 Å². The van der Waals surface area contributed by atoms with Gasteiger partial charge >= 0.3 is 12.4 Å². The van der Waals surface area contributed by atoms with Crippen LogP contribution in [0, 0.1) is 0 Å². The highest BCUT2D eigenvalue weighted by Crippen LogP contribution is 2.39. The minimum Gasteiger partial charge on any atom is -0.372 e. The summed E-state index contributed by atoms with van der Waals surface area (Å²) in [5.41, 5.74) is -2.72. The van der Waals surface area contributed by atoms with Crippen LogP contribution in [0.25, 0.3) is 0 Å². The van der Waals surface area contributed by atoms with Crippen LogP contribution in [-0.2, 0) is 22.6 Å². The number of hydrogen-bond donors (Lipinski definition) is 2. The first kappa shape index (κ1) is 25.1. The fourth-order valence-electron chi connectivity index (χ4n) is 4.28. The fraction of sp³-hybridized carbons (Fsp3) is 0.435. The van der Waals surface area contributed by atoms with E-state index in [-0.39, 0.29) is 24.2 Å². The third-order valence-corrected chi connectivity index (χ3v) is 6.32. The van der Waals surface area contributed by atoms with Crippen LogP contribution in [-0.4, -0.2) is 33.8 Å². The van der Waals surface area contributed by atoms with Crippen molar-refractivity contribution in [3.8, 4) is 0 Å². The predicted molar refractivity (Wildman–Crippen MR) is 113 cm³/mol. The van der Waals surface area contributed by atoms with Gasteiger partial charge in [0, 0.05) is 12.5 Å². The maximum absolute atomic E-state index is 13.3. The number of nitrogens with zero attached hydrogens (tertiary/aromatic N) is 3. The number of nitrogens with one attached hydrogen (secondary N) is 2. The van der Waals surface area contributed by atoms with Crippen molar-refractivity contribution < 1.29 is 31.1 Å². The quantitative estimate of drug-likeness (QED) is 0.446. The molecule has 2 heterocycles. The molecule has 1 aromatic heterocycles. The van der Waals surface area contributed by atoms with E-state index >= 15 is 0 Å². The van der Waals surface area contributed by atoms with Crippen molar-refractivity contribution >= 4 is 0 Å². The maximum atomic E-state index is 13.3. The number of alkyl halides is 6. The maximum Gasteiger partial charge on any atom is 0.416 e. The second-order valence-corrected chi connectivity index (χ2v) is 8.63. The van der Waals surface area contributed by atoms with Crippen LogP contribution >= 0.6 is 0 Å². The Morgan fingerprint density at radius 3 is 2.20 bits per heavy atom. The standard InChI is InChI=1S/C23H23F6N5O/c1-14(16-9-18(22(24,25)26)11-19(10-16)23(27,28)29)35-13-21(17-5-3-2-4-6-17)8-7-15(12-30-21)20-31-33-34-32-20/h2-6,9-11,14-15,30H,7-8,12-13H2,1H3,(H,31,32,33,34)/t14-,15?,21-/m1/s1. The van der Waals surface area contributed by atoms with E-state index in [0.29, 0.717) is 37.3 Å². The van der Waals surface area contributed by atoms with E-state index in [1.165, 1.54) is 6.92 Å². The van der Waals surface area contributed by atoms with Gasteiger partial charge in [0.2, 0.25) is 0 Å². The summed E-state index contributed by atoms with van der Waals surface area (Å²) < 4.78 is 85.6. The molecule has 12 heteroatoms. The van der Waals surface area contributed by atoms with E-state index in [1.807, 2.05) is 30.3 Å². The number of tetrazole rings is 1. The van der Waals surface area contributed by atoms with Gasteiger partial charge in [0.1, 0.15) is 0 Å². The summed E-state index contributed by atoms with van der Waals surface area (Å²) >= 11 is 0. The van der Waals surface area contributed by atoms with Crippen molar-refractivity contribution in [1.29, 1.82) is 0 Å². The highest BCUT2D eigenvalue weighted by Gasteiger charge is 2.40. The highest BCUT2D eigenvalue weighted by atomic mass is 19.4. The Bertz CT molecular complexity index is 1080. The molecule has 1 unspecified atom stereocenters. The van der Waals surface area contributed by atoms with E-state index < -0.39 is 35.1 Å². The van der Waals surface area contributed by atoms with E-state index in [2.05, 4.69) is 25.9 Å². The topological polar surface area (TPSA) is 75.7 Å². The Morgan fingerprint density at radius 1 is 1.03 bits per heavy atom. The molecule has 188 valence electrons. The van der Waals surface area contributed by atoms with Gasteiger partial charge in [-0.25, -0.2) is 0 Å². The summed E-state index contributed by atoms with van der Waals surface area (Å²) in [4.78, 5) is 0. The van der Waals surface area contributed by atoms with Crippen molar-refractivity contribution in [2.24, 2.45) is 0 Å². The smallest absolute Gasteiger partial charge is 0.372 e. The zero-order valence-corrected chi connectivity index (χ0v) is 18.6. The van der Waals surface area contributed by atoms with Crippen LogP contribution in [0.5, 0.6) is 0 Å². The van der Waals surface area contributed by atoms with Gasteiger partial charge in [-0.05, 0) is 49.1 Å². The molecule has 0 amide bonds. The van der Waals surface area contributed by atoms with Gasteiger partial charge in [-0.2, -0.15) is 31.6 Å². The molecule has 0 saturated carbocycles. The molecule has 0 bridgehead atoms. The largest absolute Gasteiger partial charge is 0.416 e. The molecule has 3 aromatic rings. The first-order chi connectivity index (χ1) is 16.5. The third-order valence-electron chi connectivity index (χ3n) is 6.32. The van der Waals surface area contributed by atoms with Gasteiger partial charge < -0.3 is 10.1 Å². The molecule has 2 N–H and O–H groups in total.